The highest BCUT2D eigenvalue weighted by atomic mass is 19.2. The average Bonchev–Trinajstić information content (AvgIpc) is 2.42. The maximum atomic E-state index is 13.8. The predicted molar refractivity (Wildman–Crippen MR) is 70.2 cm³/mol. The van der Waals surface area contributed by atoms with Crippen LogP contribution in [0.4, 0.5) is 14.5 Å². The Morgan fingerprint density at radius 3 is 2.47 bits per heavy atom. The van der Waals surface area contributed by atoms with Gasteiger partial charge in [0.05, 0.1) is 18.4 Å². The van der Waals surface area contributed by atoms with Crippen LogP contribution in [-0.2, 0) is 4.74 Å². The van der Waals surface area contributed by atoms with Crippen molar-refractivity contribution >= 4 is 11.7 Å². The third kappa shape index (κ3) is 3.43. The maximum absolute atomic E-state index is 13.8. The highest BCUT2D eigenvalue weighted by molar-refractivity contribution is 5.90. The molecule has 0 spiro atoms. The standard InChI is InChI=1S/C14H19F2NO2/c1-5-8(2)9(3)17-11-7-6-10(14(18)19-4)12(15)13(11)16/h6-9,17H,5H2,1-4H3. The first-order valence-electron chi connectivity index (χ1n) is 6.25. The first-order valence-corrected chi connectivity index (χ1v) is 6.25. The third-order valence-corrected chi connectivity index (χ3v) is 3.37. The lowest BCUT2D eigenvalue weighted by molar-refractivity contribution is 0.0594. The van der Waals surface area contributed by atoms with E-state index < -0.39 is 23.2 Å². The Morgan fingerprint density at radius 1 is 1.32 bits per heavy atom. The average molecular weight is 271 g/mol. The van der Waals surface area contributed by atoms with Crippen LogP contribution in [0.15, 0.2) is 12.1 Å². The predicted octanol–water partition coefficient (Wildman–Crippen LogP) is 3.60. The lowest BCUT2D eigenvalue weighted by Crippen LogP contribution is -2.24. The Balaban J connectivity index is 3.00. The summed E-state index contributed by atoms with van der Waals surface area (Å²) in [6.07, 6.45) is 0.929. The molecule has 0 aliphatic rings. The molecular formula is C14H19F2NO2. The summed E-state index contributed by atoms with van der Waals surface area (Å²) < 4.78 is 31.9. The molecule has 1 rings (SSSR count). The van der Waals surface area contributed by atoms with Crippen molar-refractivity contribution in [3.05, 3.63) is 29.3 Å². The Bertz CT molecular complexity index is 463. The van der Waals surface area contributed by atoms with Gasteiger partial charge in [-0.05, 0) is 25.0 Å². The van der Waals surface area contributed by atoms with Crippen molar-refractivity contribution in [2.24, 2.45) is 5.92 Å². The van der Waals surface area contributed by atoms with E-state index in [-0.39, 0.29) is 11.7 Å². The van der Waals surface area contributed by atoms with E-state index in [0.717, 1.165) is 13.5 Å². The Kier molecular flexibility index (Phi) is 5.27. The molecule has 0 heterocycles. The van der Waals surface area contributed by atoms with Gasteiger partial charge in [-0.1, -0.05) is 20.3 Å². The summed E-state index contributed by atoms with van der Waals surface area (Å²) in [7, 11) is 1.12. The first-order chi connectivity index (χ1) is 8.92. The number of methoxy groups -OCH3 is 1. The van der Waals surface area contributed by atoms with Crippen LogP contribution in [0.2, 0.25) is 0 Å². The summed E-state index contributed by atoms with van der Waals surface area (Å²) in [5.41, 5.74) is -0.348. The normalized spacial score (nSPS) is 13.8. The van der Waals surface area contributed by atoms with Crippen molar-refractivity contribution in [2.75, 3.05) is 12.4 Å². The smallest absolute Gasteiger partial charge is 0.340 e. The number of benzene rings is 1. The van der Waals surface area contributed by atoms with Gasteiger partial charge in [0, 0.05) is 6.04 Å². The van der Waals surface area contributed by atoms with E-state index in [1.165, 1.54) is 12.1 Å². The molecule has 19 heavy (non-hydrogen) atoms. The van der Waals surface area contributed by atoms with Crippen molar-refractivity contribution in [3.8, 4) is 0 Å². The Morgan fingerprint density at radius 2 is 1.95 bits per heavy atom. The van der Waals surface area contributed by atoms with Crippen LogP contribution < -0.4 is 5.32 Å². The van der Waals surface area contributed by atoms with Gasteiger partial charge in [0.1, 0.15) is 0 Å². The second-order valence-corrected chi connectivity index (χ2v) is 4.60. The van der Waals surface area contributed by atoms with Crippen LogP contribution in [0.1, 0.15) is 37.6 Å². The van der Waals surface area contributed by atoms with E-state index in [1.54, 1.807) is 0 Å². The molecule has 0 aliphatic heterocycles. The fourth-order valence-electron chi connectivity index (χ4n) is 1.67. The number of nitrogens with one attached hydrogen (secondary N) is 1. The van der Waals surface area contributed by atoms with Gasteiger partial charge in [-0.25, -0.2) is 13.6 Å². The largest absolute Gasteiger partial charge is 0.465 e. The fraction of sp³-hybridized carbons (Fsp3) is 0.500. The van der Waals surface area contributed by atoms with Gasteiger partial charge < -0.3 is 10.1 Å². The minimum Gasteiger partial charge on any atom is -0.465 e. The summed E-state index contributed by atoms with van der Waals surface area (Å²) in [6.45, 7) is 5.95. The second kappa shape index (κ2) is 6.50. The van der Waals surface area contributed by atoms with Crippen molar-refractivity contribution < 1.29 is 18.3 Å². The molecule has 0 aromatic heterocycles. The van der Waals surface area contributed by atoms with Gasteiger partial charge in [-0.15, -0.1) is 0 Å². The molecule has 2 atom stereocenters. The van der Waals surface area contributed by atoms with E-state index in [0.29, 0.717) is 5.92 Å². The molecule has 0 bridgehead atoms. The third-order valence-electron chi connectivity index (χ3n) is 3.37. The van der Waals surface area contributed by atoms with E-state index in [1.807, 2.05) is 20.8 Å². The number of esters is 1. The summed E-state index contributed by atoms with van der Waals surface area (Å²) in [6, 6.07) is 2.57. The van der Waals surface area contributed by atoms with E-state index in [9.17, 15) is 13.6 Å². The molecular weight excluding hydrogens is 252 g/mol. The zero-order chi connectivity index (χ0) is 14.6. The van der Waals surface area contributed by atoms with Crippen molar-refractivity contribution in [2.45, 2.75) is 33.2 Å². The second-order valence-electron chi connectivity index (χ2n) is 4.60. The number of anilines is 1. The minimum absolute atomic E-state index is 0.00266. The van der Waals surface area contributed by atoms with Gasteiger partial charge in [0.25, 0.3) is 0 Å². The number of rotatable bonds is 5. The first kappa shape index (κ1) is 15.4. The molecule has 0 radical (unpaired) electrons. The van der Waals surface area contributed by atoms with Crippen molar-refractivity contribution in [1.29, 1.82) is 0 Å². The molecule has 0 saturated heterocycles. The lowest BCUT2D eigenvalue weighted by Gasteiger charge is -2.21. The molecule has 2 unspecified atom stereocenters. The van der Waals surface area contributed by atoms with Crippen LogP contribution >= 0.6 is 0 Å². The molecule has 5 heteroatoms. The van der Waals surface area contributed by atoms with Crippen LogP contribution in [0.5, 0.6) is 0 Å². The molecule has 1 aromatic carbocycles. The van der Waals surface area contributed by atoms with Crippen LogP contribution in [-0.4, -0.2) is 19.1 Å². The van der Waals surface area contributed by atoms with Crippen molar-refractivity contribution in [1.82, 2.24) is 0 Å². The van der Waals surface area contributed by atoms with Gasteiger partial charge in [0.2, 0.25) is 0 Å². The summed E-state index contributed by atoms with van der Waals surface area (Å²) in [4.78, 5) is 11.2. The van der Waals surface area contributed by atoms with E-state index in [4.69, 9.17) is 0 Å². The highest BCUT2D eigenvalue weighted by Crippen LogP contribution is 2.23. The van der Waals surface area contributed by atoms with E-state index in [2.05, 4.69) is 10.1 Å². The van der Waals surface area contributed by atoms with E-state index >= 15 is 0 Å². The number of hydrogen-bond donors (Lipinski definition) is 1. The summed E-state index contributed by atoms with van der Waals surface area (Å²) in [5, 5.41) is 2.92. The van der Waals surface area contributed by atoms with Gasteiger partial charge in [-0.2, -0.15) is 0 Å². The summed E-state index contributed by atoms with van der Waals surface area (Å²) >= 11 is 0. The SMILES string of the molecule is CCC(C)C(C)Nc1ccc(C(=O)OC)c(F)c1F. The van der Waals surface area contributed by atoms with Crippen LogP contribution in [0, 0.1) is 17.6 Å². The molecule has 0 aliphatic carbocycles. The Labute approximate surface area is 112 Å². The monoisotopic (exact) mass is 271 g/mol. The number of ether oxygens (including phenoxy) is 1. The number of carbonyl (C=O) groups excluding carboxylic acids is 1. The zero-order valence-electron chi connectivity index (χ0n) is 11.6. The van der Waals surface area contributed by atoms with Gasteiger partial charge in [-0.3, -0.25) is 0 Å². The molecule has 0 amide bonds. The lowest BCUT2D eigenvalue weighted by atomic mass is 10.0. The number of hydrogen-bond acceptors (Lipinski definition) is 3. The Hall–Kier alpha value is -1.65. The minimum atomic E-state index is -1.19. The highest BCUT2D eigenvalue weighted by Gasteiger charge is 2.20. The molecule has 0 saturated carbocycles. The van der Waals surface area contributed by atoms with Gasteiger partial charge in [0.15, 0.2) is 11.6 Å². The number of carbonyl (C=O) groups is 1. The fourth-order valence-corrected chi connectivity index (χ4v) is 1.67. The summed E-state index contributed by atoms with van der Waals surface area (Å²) in [5.74, 6) is -2.81. The van der Waals surface area contributed by atoms with Crippen LogP contribution in [0.25, 0.3) is 0 Å². The molecule has 1 N–H and O–H groups in total. The van der Waals surface area contributed by atoms with Crippen molar-refractivity contribution in [3.63, 3.8) is 0 Å². The molecule has 106 valence electrons. The quantitative estimate of drug-likeness (QED) is 0.832. The van der Waals surface area contributed by atoms with Gasteiger partial charge >= 0.3 is 5.97 Å². The maximum Gasteiger partial charge on any atom is 0.340 e. The molecule has 0 fully saturated rings. The number of halogens is 2. The zero-order valence-corrected chi connectivity index (χ0v) is 11.6. The molecule has 3 nitrogen and oxygen atoms in total. The topological polar surface area (TPSA) is 38.3 Å². The van der Waals surface area contributed by atoms with Crippen LogP contribution in [0.3, 0.4) is 0 Å². The molecule has 1 aromatic rings.